The minimum atomic E-state index is -0.666. The van der Waals surface area contributed by atoms with Crippen LogP contribution in [0, 0.1) is 11.8 Å². The summed E-state index contributed by atoms with van der Waals surface area (Å²) >= 11 is 0. The first-order chi connectivity index (χ1) is 10.7. The Morgan fingerprint density at radius 1 is 1.09 bits per heavy atom. The van der Waals surface area contributed by atoms with Crippen molar-refractivity contribution < 1.29 is 19.1 Å². The van der Waals surface area contributed by atoms with E-state index in [-0.39, 0.29) is 23.7 Å². The standard InChI is InChI=1S/C16H29N3O4/c1-10(2)12(18-15(22)23-5)14(21)19-16(7-6-8-16)9-17-13(20)11(3)4/h10-12H,6-9H2,1-5H3,(H,17,20)(H,18,22)(H,19,21)/t12-/m0/s1. The van der Waals surface area contributed by atoms with E-state index in [1.54, 1.807) is 0 Å². The van der Waals surface area contributed by atoms with Crippen molar-refractivity contribution in [2.75, 3.05) is 13.7 Å². The van der Waals surface area contributed by atoms with E-state index in [1.165, 1.54) is 7.11 Å². The number of ether oxygens (including phenoxy) is 1. The molecule has 23 heavy (non-hydrogen) atoms. The fourth-order valence-electron chi connectivity index (χ4n) is 2.47. The molecule has 0 spiro atoms. The number of carbonyl (C=O) groups is 3. The summed E-state index contributed by atoms with van der Waals surface area (Å²) in [6.45, 7) is 7.79. The van der Waals surface area contributed by atoms with Crippen molar-refractivity contribution in [3.63, 3.8) is 0 Å². The summed E-state index contributed by atoms with van der Waals surface area (Å²) in [7, 11) is 1.26. The molecule has 1 aliphatic carbocycles. The molecule has 0 aromatic heterocycles. The largest absolute Gasteiger partial charge is 0.453 e. The van der Waals surface area contributed by atoms with Crippen molar-refractivity contribution in [3.8, 4) is 0 Å². The molecule has 0 aliphatic heterocycles. The highest BCUT2D eigenvalue weighted by molar-refractivity contribution is 5.86. The van der Waals surface area contributed by atoms with E-state index in [0.29, 0.717) is 6.54 Å². The molecule has 1 saturated carbocycles. The molecule has 1 aliphatic rings. The first-order valence-electron chi connectivity index (χ1n) is 8.15. The summed E-state index contributed by atoms with van der Waals surface area (Å²) in [4.78, 5) is 35.7. The van der Waals surface area contributed by atoms with Gasteiger partial charge in [0.25, 0.3) is 0 Å². The average Bonchev–Trinajstić information content (AvgIpc) is 2.45. The van der Waals surface area contributed by atoms with Gasteiger partial charge in [0.15, 0.2) is 0 Å². The lowest BCUT2D eigenvalue weighted by molar-refractivity contribution is -0.129. The molecular weight excluding hydrogens is 298 g/mol. The zero-order chi connectivity index (χ0) is 17.6. The summed E-state index contributed by atoms with van der Waals surface area (Å²) < 4.78 is 4.57. The van der Waals surface area contributed by atoms with Gasteiger partial charge in [-0.05, 0) is 25.2 Å². The van der Waals surface area contributed by atoms with Crippen molar-refractivity contribution in [1.82, 2.24) is 16.0 Å². The summed E-state index contributed by atoms with van der Waals surface area (Å²) in [6.07, 6.45) is 2.02. The van der Waals surface area contributed by atoms with Gasteiger partial charge in [-0.25, -0.2) is 4.79 Å². The maximum atomic E-state index is 12.5. The summed E-state index contributed by atoms with van der Waals surface area (Å²) in [5.74, 6) is -0.439. The lowest BCUT2D eigenvalue weighted by Gasteiger charge is -2.43. The Morgan fingerprint density at radius 3 is 2.09 bits per heavy atom. The number of rotatable bonds is 7. The summed E-state index contributed by atoms with van der Waals surface area (Å²) in [5.41, 5.74) is -0.410. The lowest BCUT2D eigenvalue weighted by Crippen LogP contribution is -2.64. The molecule has 3 amide bonds. The van der Waals surface area contributed by atoms with Gasteiger partial charge in [-0.15, -0.1) is 0 Å². The number of methoxy groups -OCH3 is 1. The van der Waals surface area contributed by atoms with E-state index >= 15 is 0 Å². The second kappa shape index (κ2) is 8.17. The molecule has 0 aromatic rings. The molecule has 3 N–H and O–H groups in total. The van der Waals surface area contributed by atoms with Crippen molar-refractivity contribution in [3.05, 3.63) is 0 Å². The minimum Gasteiger partial charge on any atom is -0.453 e. The van der Waals surface area contributed by atoms with Crippen LogP contribution >= 0.6 is 0 Å². The van der Waals surface area contributed by atoms with Gasteiger partial charge in [-0.1, -0.05) is 27.7 Å². The van der Waals surface area contributed by atoms with Crippen LogP contribution in [0.1, 0.15) is 47.0 Å². The number of alkyl carbamates (subject to hydrolysis) is 1. The van der Waals surface area contributed by atoms with Crippen LogP contribution in [0.2, 0.25) is 0 Å². The SMILES string of the molecule is COC(=O)N[C@H](C(=O)NC1(CNC(=O)C(C)C)CCC1)C(C)C. The zero-order valence-electron chi connectivity index (χ0n) is 14.7. The molecule has 1 rings (SSSR count). The number of carbonyl (C=O) groups excluding carboxylic acids is 3. The molecule has 7 heteroatoms. The number of nitrogens with one attached hydrogen (secondary N) is 3. The molecule has 1 fully saturated rings. The van der Waals surface area contributed by atoms with Crippen LogP contribution in [0.4, 0.5) is 4.79 Å². The van der Waals surface area contributed by atoms with E-state index in [4.69, 9.17) is 0 Å². The second-order valence-corrected chi connectivity index (χ2v) is 6.85. The third kappa shape index (κ3) is 5.41. The molecule has 0 unspecified atom stereocenters. The van der Waals surface area contributed by atoms with Crippen molar-refractivity contribution in [2.45, 2.75) is 58.5 Å². The Labute approximate surface area is 137 Å². The monoisotopic (exact) mass is 327 g/mol. The highest BCUT2D eigenvalue weighted by Crippen LogP contribution is 2.31. The predicted molar refractivity (Wildman–Crippen MR) is 86.7 cm³/mol. The molecule has 0 aromatic carbocycles. The lowest BCUT2D eigenvalue weighted by atomic mass is 9.76. The van der Waals surface area contributed by atoms with Gasteiger partial charge >= 0.3 is 6.09 Å². The van der Waals surface area contributed by atoms with Gasteiger partial charge in [-0.2, -0.15) is 0 Å². The zero-order valence-corrected chi connectivity index (χ0v) is 14.7. The predicted octanol–water partition coefficient (Wildman–Crippen LogP) is 1.18. The van der Waals surface area contributed by atoms with Crippen LogP contribution in [0.25, 0.3) is 0 Å². The molecule has 7 nitrogen and oxygen atoms in total. The molecular formula is C16H29N3O4. The minimum absolute atomic E-state index is 0.0291. The number of amides is 3. The molecule has 0 bridgehead atoms. The second-order valence-electron chi connectivity index (χ2n) is 6.85. The van der Waals surface area contributed by atoms with Crippen molar-refractivity contribution in [2.24, 2.45) is 11.8 Å². The van der Waals surface area contributed by atoms with E-state index in [2.05, 4.69) is 20.7 Å². The fraction of sp³-hybridized carbons (Fsp3) is 0.812. The van der Waals surface area contributed by atoms with Crippen LogP contribution < -0.4 is 16.0 Å². The van der Waals surface area contributed by atoms with Crippen molar-refractivity contribution >= 4 is 17.9 Å². The molecule has 1 atom stereocenters. The summed E-state index contributed by atoms with van der Waals surface area (Å²) in [6, 6.07) is -0.666. The number of hydrogen-bond donors (Lipinski definition) is 3. The van der Waals surface area contributed by atoms with E-state index in [9.17, 15) is 14.4 Å². The van der Waals surface area contributed by atoms with Crippen LogP contribution in [0.5, 0.6) is 0 Å². The highest BCUT2D eigenvalue weighted by Gasteiger charge is 2.40. The topological polar surface area (TPSA) is 96.5 Å². The van der Waals surface area contributed by atoms with Crippen LogP contribution in [-0.4, -0.2) is 43.1 Å². The highest BCUT2D eigenvalue weighted by atomic mass is 16.5. The maximum Gasteiger partial charge on any atom is 0.407 e. The van der Waals surface area contributed by atoms with Gasteiger partial charge in [0, 0.05) is 12.5 Å². The quantitative estimate of drug-likeness (QED) is 0.654. The first-order valence-corrected chi connectivity index (χ1v) is 8.15. The normalized spacial score (nSPS) is 17.2. The molecule has 0 heterocycles. The van der Waals surface area contributed by atoms with Gasteiger partial charge in [0.1, 0.15) is 6.04 Å². The van der Waals surface area contributed by atoms with E-state index in [1.807, 2.05) is 27.7 Å². The Bertz CT molecular complexity index is 445. The molecule has 0 radical (unpaired) electrons. The van der Waals surface area contributed by atoms with Crippen molar-refractivity contribution in [1.29, 1.82) is 0 Å². The Balaban J connectivity index is 2.66. The van der Waals surface area contributed by atoms with E-state index < -0.39 is 17.7 Å². The van der Waals surface area contributed by atoms with Gasteiger partial charge in [0.05, 0.1) is 12.6 Å². The average molecular weight is 327 g/mol. The summed E-state index contributed by atoms with van der Waals surface area (Å²) in [5, 5.41) is 8.45. The smallest absolute Gasteiger partial charge is 0.407 e. The fourth-order valence-corrected chi connectivity index (χ4v) is 2.47. The Kier molecular flexibility index (Phi) is 6.84. The van der Waals surface area contributed by atoms with Gasteiger partial charge < -0.3 is 20.7 Å². The first kappa shape index (κ1) is 19.3. The third-order valence-electron chi connectivity index (χ3n) is 4.23. The Morgan fingerprint density at radius 2 is 1.70 bits per heavy atom. The third-order valence-corrected chi connectivity index (χ3v) is 4.23. The van der Waals surface area contributed by atoms with Crippen LogP contribution in [0.3, 0.4) is 0 Å². The maximum absolute atomic E-state index is 12.5. The van der Waals surface area contributed by atoms with E-state index in [0.717, 1.165) is 19.3 Å². The molecule has 0 saturated heterocycles. The van der Waals surface area contributed by atoms with Gasteiger partial charge in [0.2, 0.25) is 11.8 Å². The van der Waals surface area contributed by atoms with Crippen LogP contribution in [-0.2, 0) is 14.3 Å². The Hall–Kier alpha value is -1.79. The van der Waals surface area contributed by atoms with Gasteiger partial charge in [-0.3, -0.25) is 9.59 Å². The number of hydrogen-bond acceptors (Lipinski definition) is 4. The molecule has 132 valence electrons. The van der Waals surface area contributed by atoms with Crippen LogP contribution in [0.15, 0.2) is 0 Å².